The van der Waals surface area contributed by atoms with Crippen molar-refractivity contribution in [3.63, 3.8) is 0 Å². The van der Waals surface area contributed by atoms with Crippen molar-refractivity contribution < 1.29 is 0 Å². The molecule has 0 aromatic heterocycles. The van der Waals surface area contributed by atoms with Crippen LogP contribution in [-0.2, 0) is 0 Å². The van der Waals surface area contributed by atoms with E-state index in [0.29, 0.717) is 5.41 Å². The highest BCUT2D eigenvalue weighted by Crippen LogP contribution is 2.69. The number of hydrogen-bond donors (Lipinski definition) is 1. The molecule has 1 nitrogen and oxygen atoms in total. The fourth-order valence-corrected chi connectivity index (χ4v) is 8.19. The molecule has 0 aromatic carbocycles. The lowest BCUT2D eigenvalue weighted by Gasteiger charge is -2.63. The molecule has 18 heavy (non-hydrogen) atoms. The molecule has 0 amide bonds. The van der Waals surface area contributed by atoms with Crippen LogP contribution in [-0.4, -0.2) is 18.1 Å². The predicted octanol–water partition coefficient (Wildman–Crippen LogP) is 3.67. The lowest BCUT2D eigenvalue weighted by Crippen LogP contribution is -2.55. The third-order valence-electron chi connectivity index (χ3n) is 6.89. The van der Waals surface area contributed by atoms with Crippen molar-refractivity contribution in [2.75, 3.05) is 18.1 Å². The molecule has 2 N–H and O–H groups in total. The van der Waals surface area contributed by atoms with Gasteiger partial charge in [-0.2, -0.15) is 11.8 Å². The molecule has 1 aliphatic heterocycles. The number of hydrogen-bond acceptors (Lipinski definition) is 2. The molecule has 1 heterocycles. The maximum atomic E-state index is 6.00. The van der Waals surface area contributed by atoms with E-state index in [1.54, 1.807) is 38.5 Å². The van der Waals surface area contributed by atoms with Crippen molar-refractivity contribution in [2.45, 2.75) is 51.4 Å². The van der Waals surface area contributed by atoms with E-state index in [2.05, 4.69) is 11.8 Å². The van der Waals surface area contributed by atoms with E-state index in [1.165, 1.54) is 24.3 Å². The van der Waals surface area contributed by atoms with Crippen LogP contribution >= 0.6 is 11.8 Å². The van der Waals surface area contributed by atoms with E-state index in [4.69, 9.17) is 5.73 Å². The highest BCUT2D eigenvalue weighted by atomic mass is 32.2. The summed E-state index contributed by atoms with van der Waals surface area (Å²) < 4.78 is 0. The summed E-state index contributed by atoms with van der Waals surface area (Å²) in [5, 5.41) is 0. The molecular weight excluding hydrogens is 238 g/mol. The Bertz CT molecular complexity index is 297. The first kappa shape index (κ1) is 12.1. The Morgan fingerprint density at radius 1 is 1.00 bits per heavy atom. The van der Waals surface area contributed by atoms with Crippen LogP contribution in [0.3, 0.4) is 0 Å². The Hall–Kier alpha value is 0.310. The average Bonchev–Trinajstić information content (AvgIpc) is 2.78. The van der Waals surface area contributed by atoms with Crippen molar-refractivity contribution in [1.29, 1.82) is 0 Å². The van der Waals surface area contributed by atoms with Gasteiger partial charge < -0.3 is 5.73 Å². The summed E-state index contributed by atoms with van der Waals surface area (Å²) in [4.78, 5) is 0. The first-order chi connectivity index (χ1) is 8.75. The quantitative estimate of drug-likeness (QED) is 0.842. The summed E-state index contributed by atoms with van der Waals surface area (Å²) in [7, 11) is 0. The lowest BCUT2D eigenvalue weighted by molar-refractivity contribution is -0.125. The molecule has 5 fully saturated rings. The normalized spacial score (nSPS) is 54.2. The largest absolute Gasteiger partial charge is 0.330 e. The van der Waals surface area contributed by atoms with Crippen molar-refractivity contribution >= 4 is 11.8 Å². The Labute approximate surface area is 116 Å². The lowest BCUT2D eigenvalue weighted by atomic mass is 9.42. The van der Waals surface area contributed by atoms with E-state index < -0.39 is 0 Å². The Morgan fingerprint density at radius 2 is 1.61 bits per heavy atom. The third-order valence-corrected chi connectivity index (χ3v) is 8.14. The zero-order valence-electron chi connectivity index (χ0n) is 11.5. The van der Waals surface area contributed by atoms with Crippen LogP contribution in [0.4, 0.5) is 0 Å². The van der Waals surface area contributed by atoms with Crippen molar-refractivity contribution in [3.05, 3.63) is 0 Å². The third kappa shape index (κ3) is 1.57. The Morgan fingerprint density at radius 3 is 2.06 bits per heavy atom. The molecule has 0 aromatic rings. The standard InChI is InChI=1S/C16H27NS/c17-3-1-15(2-4-18-11-15)16-8-12-5-13(9-16)7-14(6-12)10-16/h12-14H,1-11,17H2. The predicted molar refractivity (Wildman–Crippen MR) is 78.7 cm³/mol. The SMILES string of the molecule is NCCC1(C23CC4CC(CC(C4)C2)C3)CCSC1. The topological polar surface area (TPSA) is 26.0 Å². The van der Waals surface area contributed by atoms with Crippen LogP contribution in [0.1, 0.15) is 51.4 Å². The minimum absolute atomic E-state index is 0.641. The van der Waals surface area contributed by atoms with Gasteiger partial charge in [0, 0.05) is 0 Å². The van der Waals surface area contributed by atoms with Gasteiger partial charge in [0.15, 0.2) is 0 Å². The number of thioether (sulfide) groups is 1. The zero-order chi connectivity index (χ0) is 12.2. The van der Waals surface area contributed by atoms with Crippen molar-refractivity contribution in [1.82, 2.24) is 0 Å². The van der Waals surface area contributed by atoms with E-state index >= 15 is 0 Å². The molecule has 1 saturated heterocycles. The highest BCUT2D eigenvalue weighted by molar-refractivity contribution is 7.99. The van der Waals surface area contributed by atoms with E-state index in [1.807, 2.05) is 0 Å². The summed E-state index contributed by atoms with van der Waals surface area (Å²) in [6.45, 7) is 0.919. The van der Waals surface area contributed by atoms with Crippen LogP contribution < -0.4 is 5.73 Å². The van der Waals surface area contributed by atoms with Crippen LogP contribution in [0.25, 0.3) is 0 Å². The maximum absolute atomic E-state index is 6.00. The van der Waals surface area contributed by atoms with E-state index in [0.717, 1.165) is 29.7 Å². The summed E-state index contributed by atoms with van der Waals surface area (Å²) in [6.07, 6.45) is 12.2. The summed E-state index contributed by atoms with van der Waals surface area (Å²) in [5.41, 5.74) is 7.37. The van der Waals surface area contributed by atoms with Gasteiger partial charge in [-0.25, -0.2) is 0 Å². The van der Waals surface area contributed by atoms with Crippen LogP contribution in [0.15, 0.2) is 0 Å². The molecule has 5 aliphatic rings. The summed E-state index contributed by atoms with van der Waals surface area (Å²) in [5.74, 6) is 6.11. The van der Waals surface area contributed by atoms with Gasteiger partial charge in [0.05, 0.1) is 0 Å². The monoisotopic (exact) mass is 265 g/mol. The van der Waals surface area contributed by atoms with Gasteiger partial charge in [-0.3, -0.25) is 0 Å². The fourth-order valence-electron chi connectivity index (χ4n) is 6.52. The van der Waals surface area contributed by atoms with Gasteiger partial charge >= 0.3 is 0 Å². The maximum Gasteiger partial charge on any atom is -0.000471 e. The molecule has 4 saturated carbocycles. The second kappa shape index (κ2) is 4.15. The Balaban J connectivity index is 1.69. The molecular formula is C16H27NS. The first-order valence-corrected chi connectivity index (χ1v) is 9.19. The molecule has 102 valence electrons. The van der Waals surface area contributed by atoms with Gasteiger partial charge in [-0.15, -0.1) is 0 Å². The van der Waals surface area contributed by atoms with Crippen molar-refractivity contribution in [3.8, 4) is 0 Å². The zero-order valence-corrected chi connectivity index (χ0v) is 12.3. The van der Waals surface area contributed by atoms with Crippen LogP contribution in [0.5, 0.6) is 0 Å². The molecule has 4 bridgehead atoms. The molecule has 1 unspecified atom stereocenters. The average molecular weight is 265 g/mol. The van der Waals surface area contributed by atoms with Gasteiger partial charge in [0.1, 0.15) is 0 Å². The number of nitrogens with two attached hydrogens (primary N) is 1. The molecule has 4 aliphatic carbocycles. The van der Waals surface area contributed by atoms with Crippen LogP contribution in [0, 0.1) is 28.6 Å². The minimum atomic E-state index is 0.641. The summed E-state index contributed by atoms with van der Waals surface area (Å²) in [6, 6.07) is 0. The van der Waals surface area contributed by atoms with Crippen molar-refractivity contribution in [2.24, 2.45) is 34.3 Å². The molecule has 5 rings (SSSR count). The second-order valence-electron chi connectivity index (χ2n) is 7.82. The van der Waals surface area contributed by atoms with E-state index in [-0.39, 0.29) is 0 Å². The fraction of sp³-hybridized carbons (Fsp3) is 1.00. The molecule has 1 atom stereocenters. The smallest absolute Gasteiger partial charge is 0.000471 e. The molecule has 0 radical (unpaired) electrons. The number of rotatable bonds is 3. The van der Waals surface area contributed by atoms with Gasteiger partial charge in [-0.1, -0.05) is 0 Å². The Kier molecular flexibility index (Phi) is 2.79. The van der Waals surface area contributed by atoms with Gasteiger partial charge in [-0.05, 0) is 98.0 Å². The molecule has 0 spiro atoms. The highest BCUT2D eigenvalue weighted by Gasteiger charge is 2.60. The van der Waals surface area contributed by atoms with Gasteiger partial charge in [0.2, 0.25) is 0 Å². The second-order valence-corrected chi connectivity index (χ2v) is 8.92. The minimum Gasteiger partial charge on any atom is -0.330 e. The van der Waals surface area contributed by atoms with E-state index in [9.17, 15) is 0 Å². The molecule has 2 heteroatoms. The first-order valence-electron chi connectivity index (χ1n) is 8.03. The summed E-state index contributed by atoms with van der Waals surface area (Å²) >= 11 is 2.21. The van der Waals surface area contributed by atoms with Gasteiger partial charge in [0.25, 0.3) is 0 Å². The van der Waals surface area contributed by atoms with Crippen LogP contribution in [0.2, 0.25) is 0 Å².